The Hall–Kier alpha value is -3.90. The van der Waals surface area contributed by atoms with Gasteiger partial charge in [0.25, 0.3) is 0 Å². The summed E-state index contributed by atoms with van der Waals surface area (Å²) in [6, 6.07) is 27.2. The van der Waals surface area contributed by atoms with Gasteiger partial charge in [0, 0.05) is 21.2 Å². The van der Waals surface area contributed by atoms with Crippen LogP contribution in [0, 0.1) is 6.92 Å². The highest BCUT2D eigenvalue weighted by molar-refractivity contribution is 7.99. The fourth-order valence-corrected chi connectivity index (χ4v) is 5.19. The quantitative estimate of drug-likeness (QED) is 0.0995. The van der Waals surface area contributed by atoms with E-state index in [1.54, 1.807) is 30.0 Å². The average molecular weight is 496 g/mol. The Bertz CT molecular complexity index is 1610. The largest absolute Gasteiger partial charge is 0.462 e. The molecule has 0 aliphatic carbocycles. The van der Waals surface area contributed by atoms with Crippen LogP contribution in [0.3, 0.4) is 0 Å². The maximum atomic E-state index is 12.4. The number of rotatable bonds is 8. The van der Waals surface area contributed by atoms with E-state index >= 15 is 0 Å². The fourth-order valence-electron chi connectivity index (χ4n) is 4.09. The minimum absolute atomic E-state index is 0.0740. The zero-order chi connectivity index (χ0) is 24.9. The van der Waals surface area contributed by atoms with Gasteiger partial charge >= 0.3 is 11.6 Å². The lowest BCUT2D eigenvalue weighted by atomic mass is 10.0. The molecule has 5 nitrogen and oxygen atoms in total. The molecule has 2 aromatic heterocycles. The highest BCUT2D eigenvalue weighted by Crippen LogP contribution is 2.33. The topological polar surface area (TPSA) is 69.4 Å². The van der Waals surface area contributed by atoms with Crippen LogP contribution in [0.25, 0.3) is 33.1 Å². The Morgan fingerprint density at radius 3 is 2.61 bits per heavy atom. The van der Waals surface area contributed by atoms with E-state index in [-0.39, 0.29) is 12.2 Å². The monoisotopic (exact) mass is 495 g/mol. The molecule has 0 aliphatic heterocycles. The van der Waals surface area contributed by atoms with Crippen LogP contribution in [-0.4, -0.2) is 23.3 Å². The summed E-state index contributed by atoms with van der Waals surface area (Å²) in [5.41, 5.74) is 3.97. The van der Waals surface area contributed by atoms with Crippen LogP contribution < -0.4 is 5.63 Å². The van der Waals surface area contributed by atoms with Crippen molar-refractivity contribution in [2.24, 2.45) is 0 Å². The first-order valence-corrected chi connectivity index (χ1v) is 12.9. The first-order chi connectivity index (χ1) is 17.6. The van der Waals surface area contributed by atoms with Crippen molar-refractivity contribution >= 4 is 39.6 Å². The molecule has 0 saturated carbocycles. The van der Waals surface area contributed by atoms with Gasteiger partial charge in [0.15, 0.2) is 0 Å². The van der Waals surface area contributed by atoms with E-state index in [1.165, 1.54) is 16.5 Å². The predicted octanol–water partition coefficient (Wildman–Crippen LogP) is 7.05. The lowest BCUT2D eigenvalue weighted by Gasteiger charge is -2.11. The van der Waals surface area contributed by atoms with Gasteiger partial charge in [-0.3, -0.25) is 0 Å². The second kappa shape index (κ2) is 10.8. The third kappa shape index (κ3) is 5.19. The summed E-state index contributed by atoms with van der Waals surface area (Å²) < 4.78 is 10.6. The molecule has 5 aromatic rings. The van der Waals surface area contributed by atoms with Crippen molar-refractivity contribution < 1.29 is 13.9 Å². The summed E-state index contributed by atoms with van der Waals surface area (Å²) >= 11 is 1.78. The van der Waals surface area contributed by atoms with Crippen molar-refractivity contribution in [2.75, 3.05) is 12.4 Å². The van der Waals surface area contributed by atoms with Crippen LogP contribution in [0.2, 0.25) is 0 Å². The van der Waals surface area contributed by atoms with Crippen LogP contribution >= 0.6 is 11.8 Å². The Morgan fingerprint density at radius 2 is 1.72 bits per heavy atom. The number of hydrogen-bond donors (Lipinski definition) is 0. The molecule has 0 amide bonds. The number of hydrogen-bond acceptors (Lipinski definition) is 6. The van der Waals surface area contributed by atoms with Gasteiger partial charge < -0.3 is 9.15 Å². The Balaban J connectivity index is 1.20. The summed E-state index contributed by atoms with van der Waals surface area (Å²) in [6.45, 7) is 2.35. The summed E-state index contributed by atoms with van der Waals surface area (Å²) in [7, 11) is 0. The van der Waals surface area contributed by atoms with E-state index in [4.69, 9.17) is 14.1 Å². The van der Waals surface area contributed by atoms with E-state index in [1.807, 2.05) is 36.4 Å². The van der Waals surface area contributed by atoms with Crippen LogP contribution in [0.15, 0.2) is 99.0 Å². The molecular weight excluding hydrogens is 470 g/mol. The standard InChI is InChI=1S/C30H25NO4S/c1-20-10-2-4-12-22(20)26-19-28(23-13-5-6-14-25(23)31-26)36-17-9-8-16-34-29(32)24-18-21-11-3-7-15-27(21)35-30(24)33/h2-7,10-15,18-19H,8-9,16-17H2,1H3. The molecule has 0 unspecified atom stereocenters. The molecule has 0 aliphatic rings. The molecule has 0 saturated heterocycles. The third-order valence-corrected chi connectivity index (χ3v) is 7.13. The lowest BCUT2D eigenvalue weighted by Crippen LogP contribution is -2.17. The van der Waals surface area contributed by atoms with Crippen LogP contribution in [0.4, 0.5) is 0 Å². The number of esters is 1. The summed E-state index contributed by atoms with van der Waals surface area (Å²) in [6.07, 6.45) is 1.56. The summed E-state index contributed by atoms with van der Waals surface area (Å²) in [5, 5.41) is 1.82. The number of aryl methyl sites for hydroxylation is 1. The molecule has 3 aromatic carbocycles. The summed E-state index contributed by atoms with van der Waals surface area (Å²) in [4.78, 5) is 30.6. The Morgan fingerprint density at radius 1 is 0.944 bits per heavy atom. The molecule has 180 valence electrons. The number of pyridine rings is 1. The Kier molecular flexibility index (Phi) is 7.14. The van der Waals surface area contributed by atoms with Gasteiger partial charge in [0.05, 0.1) is 17.8 Å². The molecule has 0 atom stereocenters. The number of nitrogens with zero attached hydrogens (tertiary/aromatic N) is 1. The number of aromatic nitrogens is 1. The lowest BCUT2D eigenvalue weighted by molar-refractivity contribution is 0.0495. The van der Waals surface area contributed by atoms with Gasteiger partial charge in [-0.2, -0.15) is 0 Å². The number of unbranched alkanes of at least 4 members (excludes halogenated alkanes) is 1. The van der Waals surface area contributed by atoms with Crippen molar-refractivity contribution in [3.05, 3.63) is 106 Å². The van der Waals surface area contributed by atoms with Crippen molar-refractivity contribution in [1.82, 2.24) is 4.98 Å². The minimum Gasteiger partial charge on any atom is -0.462 e. The number of thioether (sulfide) groups is 1. The molecule has 36 heavy (non-hydrogen) atoms. The molecule has 0 N–H and O–H groups in total. The number of para-hydroxylation sites is 2. The van der Waals surface area contributed by atoms with Crippen molar-refractivity contribution in [3.8, 4) is 11.3 Å². The van der Waals surface area contributed by atoms with Gasteiger partial charge in [0.1, 0.15) is 11.1 Å². The van der Waals surface area contributed by atoms with Crippen molar-refractivity contribution in [1.29, 1.82) is 0 Å². The zero-order valence-electron chi connectivity index (χ0n) is 19.9. The molecule has 0 radical (unpaired) electrons. The normalized spacial score (nSPS) is 11.1. The van der Waals surface area contributed by atoms with E-state index in [0.29, 0.717) is 17.4 Å². The van der Waals surface area contributed by atoms with Gasteiger partial charge in [0.2, 0.25) is 0 Å². The van der Waals surface area contributed by atoms with E-state index < -0.39 is 11.6 Å². The van der Waals surface area contributed by atoms with Crippen molar-refractivity contribution in [3.63, 3.8) is 0 Å². The van der Waals surface area contributed by atoms with Gasteiger partial charge in [-0.25, -0.2) is 14.6 Å². The Labute approximate surface area is 213 Å². The number of benzene rings is 3. The number of carbonyl (C=O) groups excluding carboxylic acids is 1. The second-order valence-corrected chi connectivity index (χ2v) is 9.65. The van der Waals surface area contributed by atoms with Gasteiger partial charge in [-0.1, -0.05) is 60.7 Å². The van der Waals surface area contributed by atoms with Crippen LogP contribution in [0.5, 0.6) is 0 Å². The predicted molar refractivity (Wildman–Crippen MR) is 145 cm³/mol. The minimum atomic E-state index is -0.678. The molecule has 0 fully saturated rings. The first-order valence-electron chi connectivity index (χ1n) is 11.9. The second-order valence-electron chi connectivity index (χ2n) is 8.51. The highest BCUT2D eigenvalue weighted by Gasteiger charge is 2.15. The number of fused-ring (bicyclic) bond motifs is 2. The molecule has 6 heteroatoms. The van der Waals surface area contributed by atoms with E-state index in [2.05, 4.69) is 31.2 Å². The maximum Gasteiger partial charge on any atom is 0.351 e. The zero-order valence-corrected chi connectivity index (χ0v) is 20.7. The number of carbonyl (C=O) groups is 1. The molecule has 0 bridgehead atoms. The maximum absolute atomic E-state index is 12.4. The fraction of sp³-hybridized carbons (Fsp3) is 0.167. The number of ether oxygens (including phenoxy) is 1. The molecule has 0 spiro atoms. The molecular formula is C30H25NO4S. The SMILES string of the molecule is Cc1ccccc1-c1cc(SCCCCOC(=O)c2cc3ccccc3oc2=O)c2ccccc2n1. The van der Waals surface area contributed by atoms with Crippen LogP contribution in [0.1, 0.15) is 28.8 Å². The smallest absolute Gasteiger partial charge is 0.351 e. The van der Waals surface area contributed by atoms with Gasteiger partial charge in [-0.05, 0) is 55.3 Å². The average Bonchev–Trinajstić information content (AvgIpc) is 2.90. The van der Waals surface area contributed by atoms with E-state index in [9.17, 15) is 9.59 Å². The molecule has 2 heterocycles. The highest BCUT2D eigenvalue weighted by atomic mass is 32.2. The summed E-state index contributed by atoms with van der Waals surface area (Å²) in [5.74, 6) is 0.224. The van der Waals surface area contributed by atoms with Crippen LogP contribution in [-0.2, 0) is 4.74 Å². The first kappa shape index (κ1) is 23.8. The van der Waals surface area contributed by atoms with Gasteiger partial charge in [-0.15, -0.1) is 11.8 Å². The molecule has 5 rings (SSSR count). The van der Waals surface area contributed by atoms with E-state index in [0.717, 1.165) is 34.3 Å². The third-order valence-electron chi connectivity index (χ3n) is 5.99. The van der Waals surface area contributed by atoms with Crippen molar-refractivity contribution in [2.45, 2.75) is 24.7 Å².